The summed E-state index contributed by atoms with van der Waals surface area (Å²) in [5, 5.41) is 4.26. The van der Waals surface area contributed by atoms with Crippen LogP contribution < -0.4 is 11.3 Å². The van der Waals surface area contributed by atoms with Crippen molar-refractivity contribution in [3.8, 4) is 11.5 Å². The van der Waals surface area contributed by atoms with Crippen LogP contribution in [0, 0.1) is 6.92 Å². The van der Waals surface area contributed by atoms with Crippen molar-refractivity contribution in [3.63, 3.8) is 0 Å². The quantitative estimate of drug-likeness (QED) is 0.926. The molecule has 2 aromatic heterocycles. The van der Waals surface area contributed by atoms with Crippen LogP contribution in [0.15, 0.2) is 27.4 Å². The van der Waals surface area contributed by atoms with Gasteiger partial charge in [0.25, 0.3) is 5.56 Å². The Morgan fingerprint density at radius 2 is 2.21 bits per heavy atom. The highest BCUT2D eigenvalue weighted by atomic mass is 16.3. The van der Waals surface area contributed by atoms with Crippen LogP contribution in [-0.4, -0.2) is 33.2 Å². The van der Waals surface area contributed by atoms with Crippen molar-refractivity contribution < 1.29 is 9.21 Å². The Kier molecular flexibility index (Phi) is 4.42. The predicted molar refractivity (Wildman–Crippen MR) is 90.4 cm³/mol. The lowest BCUT2D eigenvalue weighted by Crippen LogP contribution is -2.45. The van der Waals surface area contributed by atoms with E-state index in [0.717, 1.165) is 36.2 Å². The number of nitrogen functional groups attached to an aromatic ring is 1. The Morgan fingerprint density at radius 3 is 2.88 bits per heavy atom. The van der Waals surface area contributed by atoms with Crippen molar-refractivity contribution in [3.05, 3.63) is 34.3 Å². The van der Waals surface area contributed by atoms with Gasteiger partial charge in [-0.2, -0.15) is 5.10 Å². The van der Waals surface area contributed by atoms with E-state index < -0.39 is 5.56 Å². The van der Waals surface area contributed by atoms with Crippen molar-refractivity contribution in [2.75, 3.05) is 12.3 Å². The number of amides is 1. The van der Waals surface area contributed by atoms with Crippen molar-refractivity contribution in [1.29, 1.82) is 0 Å². The number of likely N-dealkylation sites (tertiary alicyclic amines) is 1. The molecule has 0 unspecified atom stereocenters. The third-order valence-corrected chi connectivity index (χ3v) is 4.40. The number of nitrogens with two attached hydrogens (primary N) is 1. The van der Waals surface area contributed by atoms with Gasteiger partial charge < -0.3 is 15.1 Å². The summed E-state index contributed by atoms with van der Waals surface area (Å²) in [6, 6.07) is 5.24. The van der Waals surface area contributed by atoms with Crippen molar-refractivity contribution in [2.24, 2.45) is 0 Å². The van der Waals surface area contributed by atoms with E-state index in [9.17, 15) is 9.59 Å². The highest BCUT2D eigenvalue weighted by Gasteiger charge is 2.24. The van der Waals surface area contributed by atoms with Gasteiger partial charge in [-0.3, -0.25) is 9.59 Å². The normalized spacial score (nSPS) is 17.9. The largest absolute Gasteiger partial charge is 0.460 e. The Balaban J connectivity index is 1.88. The first-order valence-corrected chi connectivity index (χ1v) is 8.19. The summed E-state index contributed by atoms with van der Waals surface area (Å²) in [6.45, 7) is 4.47. The molecule has 3 rings (SSSR count). The number of carbonyl (C=O) groups excluding carboxylic acids is 1. The average molecular weight is 330 g/mol. The van der Waals surface area contributed by atoms with Crippen molar-refractivity contribution in [1.82, 2.24) is 14.7 Å². The van der Waals surface area contributed by atoms with Crippen LogP contribution in [0.1, 0.15) is 31.9 Å². The number of rotatable bonds is 3. The van der Waals surface area contributed by atoms with E-state index in [1.165, 1.54) is 6.07 Å². The fourth-order valence-electron chi connectivity index (χ4n) is 3.05. The van der Waals surface area contributed by atoms with Crippen LogP contribution >= 0.6 is 0 Å². The second-order valence-electron chi connectivity index (χ2n) is 6.29. The minimum atomic E-state index is -0.458. The highest BCUT2D eigenvalue weighted by molar-refractivity contribution is 5.76. The van der Waals surface area contributed by atoms with E-state index in [0.29, 0.717) is 11.5 Å². The van der Waals surface area contributed by atoms with E-state index in [1.807, 2.05) is 24.8 Å². The summed E-state index contributed by atoms with van der Waals surface area (Å²) >= 11 is 0. The molecule has 0 bridgehead atoms. The number of furan rings is 1. The molecule has 1 atom stereocenters. The molecule has 1 aliphatic heterocycles. The van der Waals surface area contributed by atoms with Gasteiger partial charge in [0.1, 0.15) is 23.7 Å². The molecule has 0 aliphatic carbocycles. The SMILES string of the molecule is Cc1ccc(-c2cc(N)c(=O)n(CC(=O)N3CCCC[C@@H]3C)n2)o1. The molecule has 1 saturated heterocycles. The van der Waals surface area contributed by atoms with E-state index >= 15 is 0 Å². The molecular formula is C17H22N4O3. The Morgan fingerprint density at radius 1 is 1.42 bits per heavy atom. The number of carbonyl (C=O) groups is 1. The molecule has 0 aromatic carbocycles. The summed E-state index contributed by atoms with van der Waals surface area (Å²) in [5.41, 5.74) is 5.84. The molecule has 0 spiro atoms. The smallest absolute Gasteiger partial charge is 0.290 e. The summed E-state index contributed by atoms with van der Waals surface area (Å²) < 4.78 is 6.66. The Hall–Kier alpha value is -2.57. The van der Waals surface area contributed by atoms with Gasteiger partial charge in [-0.1, -0.05) is 0 Å². The number of hydrogen-bond donors (Lipinski definition) is 1. The van der Waals surface area contributed by atoms with E-state index in [1.54, 1.807) is 6.07 Å². The fraction of sp³-hybridized carbons (Fsp3) is 0.471. The first-order chi connectivity index (χ1) is 11.5. The van der Waals surface area contributed by atoms with Crippen LogP contribution in [0.25, 0.3) is 11.5 Å². The van der Waals surface area contributed by atoms with E-state index in [-0.39, 0.29) is 24.2 Å². The number of anilines is 1. The molecule has 2 N–H and O–H groups in total. The second-order valence-corrected chi connectivity index (χ2v) is 6.29. The molecule has 128 valence electrons. The van der Waals surface area contributed by atoms with Crippen LogP contribution in [0.4, 0.5) is 5.69 Å². The zero-order valence-electron chi connectivity index (χ0n) is 14.0. The minimum Gasteiger partial charge on any atom is -0.460 e. The lowest BCUT2D eigenvalue weighted by atomic mass is 10.0. The Labute approximate surface area is 140 Å². The maximum atomic E-state index is 12.6. The molecule has 1 fully saturated rings. The van der Waals surface area contributed by atoms with Crippen LogP contribution in [0.3, 0.4) is 0 Å². The van der Waals surface area contributed by atoms with Gasteiger partial charge in [-0.05, 0) is 51.3 Å². The highest BCUT2D eigenvalue weighted by Crippen LogP contribution is 2.20. The molecule has 1 aliphatic rings. The zero-order valence-corrected chi connectivity index (χ0v) is 14.0. The van der Waals surface area contributed by atoms with Crippen LogP contribution in [-0.2, 0) is 11.3 Å². The molecule has 1 amide bonds. The second kappa shape index (κ2) is 6.51. The van der Waals surface area contributed by atoms with Crippen LogP contribution in [0.2, 0.25) is 0 Å². The molecular weight excluding hydrogens is 308 g/mol. The van der Waals surface area contributed by atoms with Gasteiger partial charge in [0.2, 0.25) is 5.91 Å². The Bertz CT molecular complexity index is 808. The molecule has 7 nitrogen and oxygen atoms in total. The molecule has 2 aromatic rings. The fourth-order valence-corrected chi connectivity index (χ4v) is 3.05. The number of hydrogen-bond acceptors (Lipinski definition) is 5. The lowest BCUT2D eigenvalue weighted by molar-refractivity contribution is -0.135. The molecule has 24 heavy (non-hydrogen) atoms. The third kappa shape index (κ3) is 3.20. The third-order valence-electron chi connectivity index (χ3n) is 4.40. The standard InChI is InChI=1S/C17H22N4O3/c1-11-5-3-4-8-20(11)16(22)10-21-17(23)13(18)9-14(19-21)15-7-6-12(2)24-15/h6-7,9,11H,3-5,8,10,18H2,1-2H3/t11-/m0/s1. The van der Waals surface area contributed by atoms with E-state index in [2.05, 4.69) is 5.10 Å². The maximum absolute atomic E-state index is 12.6. The summed E-state index contributed by atoms with van der Waals surface area (Å²) in [4.78, 5) is 26.6. The minimum absolute atomic E-state index is 0.0496. The average Bonchev–Trinajstić information content (AvgIpc) is 2.98. The van der Waals surface area contributed by atoms with Gasteiger partial charge in [-0.15, -0.1) is 0 Å². The summed E-state index contributed by atoms with van der Waals surface area (Å²) in [6.07, 6.45) is 3.11. The maximum Gasteiger partial charge on any atom is 0.290 e. The van der Waals surface area contributed by atoms with Gasteiger partial charge in [0, 0.05) is 12.6 Å². The number of piperidine rings is 1. The van der Waals surface area contributed by atoms with Crippen molar-refractivity contribution >= 4 is 11.6 Å². The first kappa shape index (κ1) is 16.3. The van der Waals surface area contributed by atoms with Gasteiger partial charge in [-0.25, -0.2) is 4.68 Å². The van der Waals surface area contributed by atoms with Gasteiger partial charge in [0.15, 0.2) is 5.76 Å². The van der Waals surface area contributed by atoms with Gasteiger partial charge >= 0.3 is 0 Å². The molecule has 0 saturated carbocycles. The number of aromatic nitrogens is 2. The lowest BCUT2D eigenvalue weighted by Gasteiger charge is -2.33. The van der Waals surface area contributed by atoms with Crippen molar-refractivity contribution in [2.45, 2.75) is 45.7 Å². The first-order valence-electron chi connectivity index (χ1n) is 8.19. The predicted octanol–water partition coefficient (Wildman–Crippen LogP) is 1.79. The van der Waals surface area contributed by atoms with Crippen LogP contribution in [0.5, 0.6) is 0 Å². The molecule has 0 radical (unpaired) electrons. The summed E-state index contributed by atoms with van der Waals surface area (Å²) in [7, 11) is 0. The zero-order chi connectivity index (χ0) is 17.3. The number of aryl methyl sites for hydroxylation is 1. The number of nitrogens with zero attached hydrogens (tertiary/aromatic N) is 3. The summed E-state index contributed by atoms with van der Waals surface area (Å²) in [5.74, 6) is 1.15. The van der Waals surface area contributed by atoms with Gasteiger partial charge in [0.05, 0.1) is 0 Å². The molecule has 3 heterocycles. The topological polar surface area (TPSA) is 94.4 Å². The monoisotopic (exact) mass is 330 g/mol. The molecule has 7 heteroatoms. The van der Waals surface area contributed by atoms with E-state index in [4.69, 9.17) is 10.2 Å².